The standard InChI is InChI=1S/C26H25N3O6/c1-4-18-7-5-6-8-21(18)28-24(30)25(31)29-27-16-17-9-14-22(23(15-17)34-3)35-26(32)19-10-12-20(33-2)13-11-19/h5-16H,4H2,1-3H3,(H,28,30)(H,29,31). The molecule has 0 atom stereocenters. The zero-order chi connectivity index (χ0) is 25.2. The molecule has 0 radical (unpaired) electrons. The summed E-state index contributed by atoms with van der Waals surface area (Å²) >= 11 is 0. The van der Waals surface area contributed by atoms with Crippen LogP contribution < -0.4 is 25.0 Å². The monoisotopic (exact) mass is 475 g/mol. The lowest BCUT2D eigenvalue weighted by atomic mass is 10.1. The van der Waals surface area contributed by atoms with Crippen molar-refractivity contribution < 1.29 is 28.6 Å². The summed E-state index contributed by atoms with van der Waals surface area (Å²) in [5.41, 5.74) is 4.57. The van der Waals surface area contributed by atoms with Gasteiger partial charge in [-0.3, -0.25) is 9.59 Å². The van der Waals surface area contributed by atoms with Gasteiger partial charge in [0.25, 0.3) is 0 Å². The number of nitrogens with zero attached hydrogens (tertiary/aromatic N) is 1. The second-order valence-electron chi connectivity index (χ2n) is 7.19. The molecule has 3 aromatic rings. The van der Waals surface area contributed by atoms with E-state index in [0.29, 0.717) is 29.0 Å². The highest BCUT2D eigenvalue weighted by atomic mass is 16.6. The van der Waals surface area contributed by atoms with Gasteiger partial charge in [0.15, 0.2) is 11.5 Å². The van der Waals surface area contributed by atoms with Gasteiger partial charge in [0.2, 0.25) is 0 Å². The van der Waals surface area contributed by atoms with Crippen molar-refractivity contribution in [2.75, 3.05) is 19.5 Å². The quantitative estimate of drug-likeness (QED) is 0.169. The first-order chi connectivity index (χ1) is 16.9. The molecule has 9 nitrogen and oxygen atoms in total. The number of aryl methyl sites for hydroxylation is 1. The van der Waals surface area contributed by atoms with Crippen LogP contribution in [0.1, 0.15) is 28.4 Å². The minimum Gasteiger partial charge on any atom is -0.497 e. The molecule has 0 bridgehead atoms. The first kappa shape index (κ1) is 25.0. The maximum absolute atomic E-state index is 12.4. The Morgan fingerprint density at radius 2 is 1.63 bits per heavy atom. The van der Waals surface area contributed by atoms with Gasteiger partial charge in [0, 0.05) is 5.69 Å². The smallest absolute Gasteiger partial charge is 0.343 e. The van der Waals surface area contributed by atoms with Gasteiger partial charge in [-0.15, -0.1) is 0 Å². The fourth-order valence-electron chi connectivity index (χ4n) is 3.08. The van der Waals surface area contributed by atoms with Gasteiger partial charge in [-0.25, -0.2) is 10.2 Å². The van der Waals surface area contributed by atoms with Crippen molar-refractivity contribution in [2.45, 2.75) is 13.3 Å². The Bertz CT molecular complexity index is 1240. The first-order valence-electron chi connectivity index (χ1n) is 10.7. The number of hydrazone groups is 1. The summed E-state index contributed by atoms with van der Waals surface area (Å²) in [6.07, 6.45) is 2.05. The largest absolute Gasteiger partial charge is 0.497 e. The molecule has 0 aromatic heterocycles. The number of nitrogens with one attached hydrogen (secondary N) is 2. The Hall–Kier alpha value is -4.66. The summed E-state index contributed by atoms with van der Waals surface area (Å²) in [6.45, 7) is 1.95. The highest BCUT2D eigenvalue weighted by molar-refractivity contribution is 6.39. The lowest BCUT2D eigenvalue weighted by Gasteiger charge is -2.10. The van der Waals surface area contributed by atoms with Crippen LogP contribution in [0, 0.1) is 0 Å². The number of methoxy groups -OCH3 is 2. The molecule has 3 aromatic carbocycles. The van der Waals surface area contributed by atoms with E-state index in [2.05, 4.69) is 15.8 Å². The highest BCUT2D eigenvalue weighted by Crippen LogP contribution is 2.28. The van der Waals surface area contributed by atoms with Gasteiger partial charge < -0.3 is 19.5 Å². The summed E-state index contributed by atoms with van der Waals surface area (Å²) < 4.78 is 15.8. The molecule has 0 aliphatic carbocycles. The number of esters is 1. The predicted octanol–water partition coefficient (Wildman–Crippen LogP) is 3.57. The Labute approximate surface area is 202 Å². The summed E-state index contributed by atoms with van der Waals surface area (Å²) in [5, 5.41) is 6.39. The summed E-state index contributed by atoms with van der Waals surface area (Å²) in [5.74, 6) is -1.18. The summed E-state index contributed by atoms with van der Waals surface area (Å²) in [7, 11) is 2.97. The number of carbonyl (C=O) groups is 3. The SMILES string of the molecule is CCc1ccccc1NC(=O)C(=O)NN=Cc1ccc(OC(=O)c2ccc(OC)cc2)c(OC)c1. The van der Waals surface area contributed by atoms with Gasteiger partial charge in [-0.1, -0.05) is 25.1 Å². The van der Waals surface area contributed by atoms with E-state index in [4.69, 9.17) is 14.2 Å². The molecular formula is C26H25N3O6. The van der Waals surface area contributed by atoms with E-state index in [1.165, 1.54) is 26.5 Å². The Kier molecular flexibility index (Phi) is 8.55. The van der Waals surface area contributed by atoms with Crippen molar-refractivity contribution in [3.63, 3.8) is 0 Å². The third-order valence-corrected chi connectivity index (χ3v) is 4.95. The molecule has 35 heavy (non-hydrogen) atoms. The molecule has 0 saturated heterocycles. The van der Waals surface area contributed by atoms with Crippen LogP contribution >= 0.6 is 0 Å². The number of ether oxygens (including phenoxy) is 3. The second kappa shape index (κ2) is 12.0. The van der Waals surface area contributed by atoms with Crippen LogP contribution in [0.25, 0.3) is 0 Å². The van der Waals surface area contributed by atoms with Crippen molar-refractivity contribution in [3.05, 3.63) is 83.4 Å². The van der Waals surface area contributed by atoms with Crippen LogP contribution in [0.4, 0.5) is 5.69 Å². The molecule has 180 valence electrons. The number of benzene rings is 3. The average Bonchev–Trinajstić information content (AvgIpc) is 2.89. The van der Waals surface area contributed by atoms with Crippen LogP contribution in [0.5, 0.6) is 17.2 Å². The maximum Gasteiger partial charge on any atom is 0.343 e. The van der Waals surface area contributed by atoms with Crippen molar-refractivity contribution in [1.82, 2.24) is 5.43 Å². The molecule has 3 rings (SSSR count). The number of hydrogen-bond donors (Lipinski definition) is 2. The van der Waals surface area contributed by atoms with Crippen molar-refractivity contribution in [1.29, 1.82) is 0 Å². The molecule has 0 saturated carbocycles. The van der Waals surface area contributed by atoms with Crippen molar-refractivity contribution in [2.24, 2.45) is 5.10 Å². The molecule has 0 spiro atoms. The van der Waals surface area contributed by atoms with E-state index < -0.39 is 17.8 Å². The number of amides is 2. The molecule has 0 fully saturated rings. The molecule has 0 heterocycles. The van der Waals surface area contributed by atoms with E-state index in [9.17, 15) is 14.4 Å². The molecule has 2 amide bonds. The molecule has 9 heteroatoms. The molecule has 2 N–H and O–H groups in total. The van der Waals surface area contributed by atoms with Gasteiger partial charge >= 0.3 is 17.8 Å². The number of anilines is 1. The topological polar surface area (TPSA) is 115 Å². The van der Waals surface area contributed by atoms with Gasteiger partial charge in [0.1, 0.15) is 5.75 Å². The van der Waals surface area contributed by atoms with Crippen LogP contribution in [0.3, 0.4) is 0 Å². The Morgan fingerprint density at radius 1 is 0.886 bits per heavy atom. The predicted molar refractivity (Wildman–Crippen MR) is 131 cm³/mol. The van der Waals surface area contributed by atoms with Crippen LogP contribution in [0.2, 0.25) is 0 Å². The molecule has 0 aliphatic heterocycles. The van der Waals surface area contributed by atoms with Gasteiger partial charge in [-0.2, -0.15) is 5.10 Å². The molecular weight excluding hydrogens is 450 g/mol. The minimum atomic E-state index is -0.913. The minimum absolute atomic E-state index is 0.212. The van der Waals surface area contributed by atoms with E-state index in [0.717, 1.165) is 5.56 Å². The number of carbonyl (C=O) groups excluding carboxylic acids is 3. The fraction of sp³-hybridized carbons (Fsp3) is 0.154. The fourth-order valence-corrected chi connectivity index (χ4v) is 3.08. The lowest BCUT2D eigenvalue weighted by Crippen LogP contribution is -2.32. The van der Waals surface area contributed by atoms with Crippen molar-refractivity contribution in [3.8, 4) is 17.2 Å². The third kappa shape index (κ3) is 6.67. The second-order valence-corrected chi connectivity index (χ2v) is 7.19. The van der Waals surface area contributed by atoms with Crippen LogP contribution in [-0.2, 0) is 16.0 Å². The third-order valence-electron chi connectivity index (χ3n) is 4.95. The average molecular weight is 476 g/mol. The van der Waals surface area contributed by atoms with Crippen LogP contribution in [-0.4, -0.2) is 38.2 Å². The highest BCUT2D eigenvalue weighted by Gasteiger charge is 2.15. The maximum atomic E-state index is 12.4. The van der Waals surface area contributed by atoms with Gasteiger partial charge in [-0.05, 0) is 66.1 Å². The number of rotatable bonds is 8. The van der Waals surface area contributed by atoms with Crippen LogP contribution in [0.15, 0.2) is 71.8 Å². The molecule has 0 aliphatic rings. The van der Waals surface area contributed by atoms with E-state index in [1.807, 2.05) is 19.1 Å². The molecule has 0 unspecified atom stereocenters. The van der Waals surface area contributed by atoms with E-state index in [1.54, 1.807) is 48.5 Å². The van der Waals surface area contributed by atoms with E-state index in [-0.39, 0.29) is 11.5 Å². The zero-order valence-corrected chi connectivity index (χ0v) is 19.5. The van der Waals surface area contributed by atoms with Crippen molar-refractivity contribution >= 4 is 29.7 Å². The number of para-hydroxylation sites is 1. The van der Waals surface area contributed by atoms with E-state index >= 15 is 0 Å². The summed E-state index contributed by atoms with van der Waals surface area (Å²) in [4.78, 5) is 36.7. The lowest BCUT2D eigenvalue weighted by molar-refractivity contribution is -0.136. The first-order valence-corrected chi connectivity index (χ1v) is 10.7. The summed E-state index contributed by atoms with van der Waals surface area (Å²) in [6, 6.07) is 18.5. The Balaban J connectivity index is 1.61. The number of hydrogen-bond acceptors (Lipinski definition) is 7. The van der Waals surface area contributed by atoms with Gasteiger partial charge in [0.05, 0.1) is 26.0 Å². The normalized spacial score (nSPS) is 10.5. The zero-order valence-electron chi connectivity index (χ0n) is 19.5. The Morgan fingerprint density at radius 3 is 2.31 bits per heavy atom.